The molecule has 4 nitrogen and oxygen atoms in total. The smallest absolute Gasteiger partial charge is 0.256 e. The van der Waals surface area contributed by atoms with Crippen LogP contribution in [0.15, 0.2) is 42.6 Å². The lowest BCUT2D eigenvalue weighted by atomic mass is 10.0. The lowest BCUT2D eigenvalue weighted by Gasteiger charge is -2.06. The van der Waals surface area contributed by atoms with E-state index in [0.717, 1.165) is 11.1 Å². The van der Waals surface area contributed by atoms with Gasteiger partial charge in [-0.3, -0.25) is 4.79 Å². The van der Waals surface area contributed by atoms with E-state index in [2.05, 4.69) is 22.1 Å². The van der Waals surface area contributed by atoms with E-state index in [1.54, 1.807) is 30.5 Å². The van der Waals surface area contributed by atoms with E-state index >= 15 is 0 Å². The number of nitrogens with zero attached hydrogens (tertiary/aromatic N) is 1. The van der Waals surface area contributed by atoms with Crippen molar-refractivity contribution in [2.24, 2.45) is 5.73 Å². The molecule has 1 aromatic carbocycles. The van der Waals surface area contributed by atoms with Gasteiger partial charge in [0, 0.05) is 17.3 Å². The fourth-order valence-corrected chi connectivity index (χ4v) is 1.72. The highest BCUT2D eigenvalue weighted by atomic mass is 16.1. The van der Waals surface area contributed by atoms with Gasteiger partial charge in [0.1, 0.15) is 5.82 Å². The zero-order valence-corrected chi connectivity index (χ0v) is 11.2. The lowest BCUT2D eigenvalue weighted by Crippen LogP contribution is -2.13. The number of benzene rings is 1. The van der Waals surface area contributed by atoms with Gasteiger partial charge in [0.2, 0.25) is 0 Å². The molecule has 1 heterocycles. The molecule has 3 N–H and O–H groups in total. The number of aryl methyl sites for hydroxylation is 1. The summed E-state index contributed by atoms with van der Waals surface area (Å²) < 4.78 is 0. The Labute approximate surface area is 118 Å². The van der Waals surface area contributed by atoms with Gasteiger partial charge in [-0.05, 0) is 42.8 Å². The zero-order chi connectivity index (χ0) is 14.4. The van der Waals surface area contributed by atoms with Crippen molar-refractivity contribution >= 4 is 11.7 Å². The minimum Gasteiger partial charge on any atom is -0.320 e. The molecule has 100 valence electrons. The van der Waals surface area contributed by atoms with Crippen LogP contribution in [0.5, 0.6) is 0 Å². The number of amides is 1. The van der Waals surface area contributed by atoms with Gasteiger partial charge >= 0.3 is 0 Å². The fraction of sp³-hybridized carbons (Fsp3) is 0.125. The maximum Gasteiger partial charge on any atom is 0.256 e. The Hall–Kier alpha value is -2.64. The van der Waals surface area contributed by atoms with Crippen LogP contribution >= 0.6 is 0 Å². The van der Waals surface area contributed by atoms with Crippen LogP contribution in [0.2, 0.25) is 0 Å². The molecule has 0 radical (unpaired) electrons. The Balaban J connectivity index is 2.17. The topological polar surface area (TPSA) is 68.0 Å². The van der Waals surface area contributed by atoms with E-state index in [1.807, 2.05) is 19.1 Å². The van der Waals surface area contributed by atoms with Gasteiger partial charge in [-0.2, -0.15) is 0 Å². The highest BCUT2D eigenvalue weighted by Crippen LogP contribution is 2.12. The molecule has 0 bridgehead atoms. The standard InChI is InChI=1S/C16H15N3O/c1-12-11-14(8-7-13(12)5-4-9-17)16(20)19-15-6-2-3-10-18-15/h2-3,6-8,10-11H,9,17H2,1H3,(H,18,19,20). The summed E-state index contributed by atoms with van der Waals surface area (Å²) in [7, 11) is 0. The Bertz CT molecular complexity index is 669. The maximum atomic E-state index is 12.1. The van der Waals surface area contributed by atoms with Crippen LogP contribution in [0, 0.1) is 18.8 Å². The molecule has 1 aromatic heterocycles. The minimum absolute atomic E-state index is 0.190. The van der Waals surface area contributed by atoms with Gasteiger partial charge in [0.25, 0.3) is 5.91 Å². The molecule has 0 spiro atoms. The maximum absolute atomic E-state index is 12.1. The summed E-state index contributed by atoms with van der Waals surface area (Å²) in [5.41, 5.74) is 7.74. The fourth-order valence-electron chi connectivity index (χ4n) is 1.72. The lowest BCUT2D eigenvalue weighted by molar-refractivity contribution is 0.102. The molecule has 0 aliphatic carbocycles. The van der Waals surface area contributed by atoms with Crippen molar-refractivity contribution in [1.29, 1.82) is 0 Å². The molecule has 20 heavy (non-hydrogen) atoms. The molecule has 0 saturated heterocycles. The molecule has 0 unspecified atom stereocenters. The molecule has 2 aromatic rings. The number of carbonyl (C=O) groups excluding carboxylic acids is 1. The minimum atomic E-state index is -0.190. The number of aromatic nitrogens is 1. The van der Waals surface area contributed by atoms with E-state index < -0.39 is 0 Å². The van der Waals surface area contributed by atoms with Crippen molar-refractivity contribution in [3.8, 4) is 11.8 Å². The van der Waals surface area contributed by atoms with Crippen LogP contribution in [0.25, 0.3) is 0 Å². The Kier molecular flexibility index (Phi) is 4.48. The Morgan fingerprint density at radius 1 is 1.35 bits per heavy atom. The first-order chi connectivity index (χ1) is 9.70. The monoisotopic (exact) mass is 265 g/mol. The van der Waals surface area contributed by atoms with Crippen molar-refractivity contribution in [1.82, 2.24) is 4.98 Å². The summed E-state index contributed by atoms with van der Waals surface area (Å²) >= 11 is 0. The van der Waals surface area contributed by atoms with Gasteiger partial charge in [0.15, 0.2) is 0 Å². The van der Waals surface area contributed by atoms with Crippen LogP contribution in [0.1, 0.15) is 21.5 Å². The third-order valence-electron chi connectivity index (χ3n) is 2.72. The predicted octanol–water partition coefficient (Wildman–Crippen LogP) is 1.95. The van der Waals surface area contributed by atoms with Crippen LogP contribution in [0.3, 0.4) is 0 Å². The summed E-state index contributed by atoms with van der Waals surface area (Å²) in [6, 6.07) is 10.7. The van der Waals surface area contributed by atoms with Gasteiger partial charge in [-0.1, -0.05) is 17.9 Å². The molecule has 2 rings (SSSR count). The molecule has 0 saturated carbocycles. The highest BCUT2D eigenvalue weighted by molar-refractivity contribution is 6.03. The van der Waals surface area contributed by atoms with E-state index in [4.69, 9.17) is 5.73 Å². The van der Waals surface area contributed by atoms with Crippen molar-refractivity contribution in [3.05, 3.63) is 59.3 Å². The normalized spacial score (nSPS) is 9.50. The number of rotatable bonds is 2. The molecular formula is C16H15N3O. The van der Waals surface area contributed by atoms with Crippen LogP contribution in [0.4, 0.5) is 5.82 Å². The molecule has 1 amide bonds. The molecule has 0 fully saturated rings. The van der Waals surface area contributed by atoms with Crippen LogP contribution < -0.4 is 11.1 Å². The third kappa shape index (κ3) is 3.44. The second-order valence-corrected chi connectivity index (χ2v) is 4.20. The van der Waals surface area contributed by atoms with E-state index in [1.165, 1.54) is 0 Å². The van der Waals surface area contributed by atoms with E-state index in [0.29, 0.717) is 17.9 Å². The first-order valence-electron chi connectivity index (χ1n) is 6.22. The SMILES string of the molecule is Cc1cc(C(=O)Nc2ccccn2)ccc1C#CCN. The number of nitrogens with two attached hydrogens (primary N) is 1. The van der Waals surface area contributed by atoms with Gasteiger partial charge < -0.3 is 11.1 Å². The Morgan fingerprint density at radius 3 is 2.85 bits per heavy atom. The van der Waals surface area contributed by atoms with Gasteiger partial charge in [0.05, 0.1) is 6.54 Å². The van der Waals surface area contributed by atoms with Crippen molar-refractivity contribution in [2.45, 2.75) is 6.92 Å². The first kappa shape index (κ1) is 13.8. The van der Waals surface area contributed by atoms with Crippen molar-refractivity contribution in [3.63, 3.8) is 0 Å². The molecule has 0 aliphatic rings. The van der Waals surface area contributed by atoms with E-state index in [-0.39, 0.29) is 5.91 Å². The summed E-state index contributed by atoms with van der Waals surface area (Å²) in [5, 5.41) is 2.74. The van der Waals surface area contributed by atoms with Crippen molar-refractivity contribution < 1.29 is 4.79 Å². The average molecular weight is 265 g/mol. The quantitative estimate of drug-likeness (QED) is 0.815. The van der Waals surface area contributed by atoms with Crippen LogP contribution in [-0.2, 0) is 0 Å². The summed E-state index contributed by atoms with van der Waals surface area (Å²) in [4.78, 5) is 16.1. The number of pyridine rings is 1. The highest BCUT2D eigenvalue weighted by Gasteiger charge is 2.07. The second-order valence-electron chi connectivity index (χ2n) is 4.20. The summed E-state index contributed by atoms with van der Waals surface area (Å²) in [6.45, 7) is 2.24. The molecule has 4 heteroatoms. The largest absolute Gasteiger partial charge is 0.320 e. The number of hydrogen-bond acceptors (Lipinski definition) is 3. The Morgan fingerprint density at radius 2 is 2.20 bits per heavy atom. The third-order valence-corrected chi connectivity index (χ3v) is 2.72. The number of carbonyl (C=O) groups is 1. The van der Waals surface area contributed by atoms with Gasteiger partial charge in [-0.25, -0.2) is 4.98 Å². The van der Waals surface area contributed by atoms with Crippen LogP contribution in [-0.4, -0.2) is 17.4 Å². The zero-order valence-electron chi connectivity index (χ0n) is 11.2. The number of nitrogens with one attached hydrogen (secondary N) is 1. The molecule has 0 aliphatic heterocycles. The summed E-state index contributed by atoms with van der Waals surface area (Å²) in [5.74, 6) is 6.11. The number of anilines is 1. The van der Waals surface area contributed by atoms with Gasteiger partial charge in [-0.15, -0.1) is 0 Å². The predicted molar refractivity (Wildman–Crippen MR) is 79.3 cm³/mol. The summed E-state index contributed by atoms with van der Waals surface area (Å²) in [6.07, 6.45) is 1.63. The van der Waals surface area contributed by atoms with E-state index in [9.17, 15) is 4.79 Å². The second kappa shape index (κ2) is 6.50. The molecular weight excluding hydrogens is 250 g/mol. The first-order valence-corrected chi connectivity index (χ1v) is 6.22. The average Bonchev–Trinajstić information content (AvgIpc) is 2.47. The van der Waals surface area contributed by atoms with Crippen molar-refractivity contribution in [2.75, 3.05) is 11.9 Å². The number of hydrogen-bond donors (Lipinski definition) is 2. The molecule has 0 atom stereocenters.